The molecule has 0 atom stereocenters. The lowest BCUT2D eigenvalue weighted by Crippen LogP contribution is -2.06. The summed E-state index contributed by atoms with van der Waals surface area (Å²) in [5.74, 6) is 0.0176. The van der Waals surface area contributed by atoms with Crippen LogP contribution in [0.5, 0.6) is 0 Å². The number of carbonyl (C=O) groups is 1. The molecule has 2 rings (SSSR count). The van der Waals surface area contributed by atoms with E-state index in [1.54, 1.807) is 18.3 Å². The van der Waals surface area contributed by atoms with Crippen molar-refractivity contribution in [3.05, 3.63) is 59.9 Å². The molecule has 2 aromatic rings. The molecule has 0 aliphatic heterocycles. The van der Waals surface area contributed by atoms with Crippen molar-refractivity contribution in [1.82, 2.24) is 4.98 Å². The number of rotatable bonds is 5. The molecule has 0 saturated heterocycles. The smallest absolute Gasteiger partial charge is 0.183 e. The maximum Gasteiger partial charge on any atom is 0.183 e. The van der Waals surface area contributed by atoms with Gasteiger partial charge < -0.3 is 5.73 Å². The second-order valence-corrected chi connectivity index (χ2v) is 4.20. The molecular weight excluding hydrogens is 224 g/mol. The molecule has 0 aliphatic carbocycles. The van der Waals surface area contributed by atoms with Crippen molar-refractivity contribution >= 4 is 11.5 Å². The lowest BCUT2D eigenvalue weighted by molar-refractivity contribution is 0.0976. The molecule has 0 fully saturated rings. The molecule has 18 heavy (non-hydrogen) atoms. The summed E-state index contributed by atoms with van der Waals surface area (Å²) >= 11 is 0. The lowest BCUT2D eigenvalue weighted by Gasteiger charge is -2.03. The summed E-state index contributed by atoms with van der Waals surface area (Å²) in [7, 11) is 0. The molecule has 0 radical (unpaired) electrons. The van der Waals surface area contributed by atoms with E-state index in [0.29, 0.717) is 17.8 Å². The molecule has 1 aromatic carbocycles. The highest BCUT2D eigenvalue weighted by atomic mass is 16.1. The topological polar surface area (TPSA) is 56.0 Å². The van der Waals surface area contributed by atoms with Crippen molar-refractivity contribution in [1.29, 1.82) is 0 Å². The molecule has 92 valence electrons. The van der Waals surface area contributed by atoms with E-state index in [4.69, 9.17) is 5.73 Å². The third-order valence-electron chi connectivity index (χ3n) is 2.82. The van der Waals surface area contributed by atoms with Crippen LogP contribution in [0.25, 0.3) is 0 Å². The van der Waals surface area contributed by atoms with E-state index >= 15 is 0 Å². The molecule has 1 aromatic heterocycles. The predicted octanol–water partition coefficient (Wildman–Crippen LogP) is 2.87. The Morgan fingerprint density at radius 3 is 2.61 bits per heavy atom. The van der Waals surface area contributed by atoms with Crippen LogP contribution in [0.3, 0.4) is 0 Å². The Bertz CT molecular complexity index is 523. The van der Waals surface area contributed by atoms with Crippen molar-refractivity contribution in [3.8, 4) is 0 Å². The highest BCUT2D eigenvalue weighted by Crippen LogP contribution is 2.12. The van der Waals surface area contributed by atoms with Gasteiger partial charge in [0.1, 0.15) is 5.69 Å². The van der Waals surface area contributed by atoms with Crippen LogP contribution in [-0.2, 0) is 6.42 Å². The van der Waals surface area contributed by atoms with E-state index in [-0.39, 0.29) is 5.78 Å². The Morgan fingerprint density at radius 2 is 1.89 bits per heavy atom. The van der Waals surface area contributed by atoms with Gasteiger partial charge in [0.05, 0.1) is 5.69 Å². The summed E-state index contributed by atoms with van der Waals surface area (Å²) in [5, 5.41) is 0. The minimum atomic E-state index is 0.0176. The van der Waals surface area contributed by atoms with Crippen LogP contribution in [0.15, 0.2) is 48.7 Å². The standard InChI is InChI=1S/C15H16N2O/c16-13-9-5-11-17-15(13)14(18)10-4-8-12-6-2-1-3-7-12/h1-3,5-7,9,11H,4,8,10,16H2. The fourth-order valence-electron chi connectivity index (χ4n) is 1.87. The van der Waals surface area contributed by atoms with Crippen LogP contribution in [0, 0.1) is 0 Å². The zero-order chi connectivity index (χ0) is 12.8. The van der Waals surface area contributed by atoms with Crippen LogP contribution in [-0.4, -0.2) is 10.8 Å². The zero-order valence-electron chi connectivity index (χ0n) is 10.2. The molecule has 3 heteroatoms. The van der Waals surface area contributed by atoms with Gasteiger partial charge in [-0.25, -0.2) is 0 Å². The summed E-state index contributed by atoms with van der Waals surface area (Å²) in [4.78, 5) is 15.9. The Labute approximate surface area is 107 Å². The van der Waals surface area contributed by atoms with Crippen molar-refractivity contribution in [2.45, 2.75) is 19.3 Å². The maximum atomic E-state index is 11.9. The number of benzene rings is 1. The van der Waals surface area contributed by atoms with Gasteiger partial charge in [-0.2, -0.15) is 0 Å². The number of carbonyl (C=O) groups excluding carboxylic acids is 1. The Kier molecular flexibility index (Phi) is 4.07. The van der Waals surface area contributed by atoms with E-state index in [2.05, 4.69) is 17.1 Å². The highest BCUT2D eigenvalue weighted by Gasteiger charge is 2.10. The van der Waals surface area contributed by atoms with Gasteiger partial charge >= 0.3 is 0 Å². The first kappa shape index (κ1) is 12.3. The van der Waals surface area contributed by atoms with Gasteiger partial charge in [0.2, 0.25) is 0 Å². The first-order valence-electron chi connectivity index (χ1n) is 6.05. The first-order valence-corrected chi connectivity index (χ1v) is 6.05. The normalized spacial score (nSPS) is 10.2. The predicted molar refractivity (Wildman–Crippen MR) is 72.4 cm³/mol. The number of aromatic nitrogens is 1. The van der Waals surface area contributed by atoms with Gasteiger partial charge in [-0.1, -0.05) is 30.3 Å². The maximum absolute atomic E-state index is 11.9. The number of hydrogen-bond donors (Lipinski definition) is 1. The lowest BCUT2D eigenvalue weighted by atomic mass is 10.0. The van der Waals surface area contributed by atoms with Crippen LogP contribution >= 0.6 is 0 Å². The van der Waals surface area contributed by atoms with E-state index in [9.17, 15) is 4.79 Å². The molecule has 3 nitrogen and oxygen atoms in total. The third-order valence-corrected chi connectivity index (χ3v) is 2.82. The SMILES string of the molecule is Nc1cccnc1C(=O)CCCc1ccccc1. The molecule has 0 amide bonds. The zero-order valence-corrected chi connectivity index (χ0v) is 10.2. The molecule has 1 heterocycles. The number of nitrogen functional groups attached to an aromatic ring is 1. The van der Waals surface area contributed by atoms with E-state index in [1.807, 2.05) is 18.2 Å². The molecule has 0 unspecified atom stereocenters. The Balaban J connectivity index is 1.88. The molecular formula is C15H16N2O. The number of anilines is 1. The third kappa shape index (κ3) is 3.17. The summed E-state index contributed by atoms with van der Waals surface area (Å²) in [6.07, 6.45) is 3.80. The summed E-state index contributed by atoms with van der Waals surface area (Å²) < 4.78 is 0. The second kappa shape index (κ2) is 5.96. The fraction of sp³-hybridized carbons (Fsp3) is 0.200. The van der Waals surface area contributed by atoms with E-state index in [1.165, 1.54) is 5.56 Å². The van der Waals surface area contributed by atoms with E-state index in [0.717, 1.165) is 12.8 Å². The highest BCUT2D eigenvalue weighted by molar-refractivity contribution is 5.98. The Morgan fingerprint density at radius 1 is 1.11 bits per heavy atom. The number of nitrogens with zero attached hydrogens (tertiary/aromatic N) is 1. The molecule has 0 aliphatic rings. The summed E-state index contributed by atoms with van der Waals surface area (Å²) in [6, 6.07) is 13.6. The number of hydrogen-bond acceptors (Lipinski definition) is 3. The average Bonchev–Trinajstić information content (AvgIpc) is 2.40. The average molecular weight is 240 g/mol. The quantitative estimate of drug-likeness (QED) is 0.817. The molecule has 0 spiro atoms. The summed E-state index contributed by atoms with van der Waals surface area (Å²) in [5.41, 5.74) is 7.82. The number of nitrogens with two attached hydrogens (primary N) is 1. The van der Waals surface area contributed by atoms with Gasteiger partial charge in [-0.05, 0) is 30.5 Å². The van der Waals surface area contributed by atoms with Crippen LogP contribution < -0.4 is 5.73 Å². The largest absolute Gasteiger partial charge is 0.397 e. The summed E-state index contributed by atoms with van der Waals surface area (Å²) in [6.45, 7) is 0. The van der Waals surface area contributed by atoms with E-state index < -0.39 is 0 Å². The van der Waals surface area contributed by atoms with Crippen molar-refractivity contribution in [2.24, 2.45) is 0 Å². The van der Waals surface area contributed by atoms with Crippen LogP contribution in [0.4, 0.5) is 5.69 Å². The van der Waals surface area contributed by atoms with Gasteiger partial charge in [0, 0.05) is 12.6 Å². The minimum absolute atomic E-state index is 0.0176. The minimum Gasteiger partial charge on any atom is -0.397 e. The number of ketones is 1. The number of Topliss-reactive ketones (excluding diaryl/α,β-unsaturated/α-hetero) is 1. The monoisotopic (exact) mass is 240 g/mol. The van der Waals surface area contributed by atoms with Gasteiger partial charge in [0.15, 0.2) is 5.78 Å². The molecule has 2 N–H and O–H groups in total. The van der Waals surface area contributed by atoms with Crippen LogP contribution in [0.1, 0.15) is 28.9 Å². The van der Waals surface area contributed by atoms with Crippen molar-refractivity contribution in [2.75, 3.05) is 5.73 Å². The van der Waals surface area contributed by atoms with Gasteiger partial charge in [-0.15, -0.1) is 0 Å². The second-order valence-electron chi connectivity index (χ2n) is 4.20. The molecule has 0 bridgehead atoms. The van der Waals surface area contributed by atoms with Crippen molar-refractivity contribution in [3.63, 3.8) is 0 Å². The number of pyridine rings is 1. The Hall–Kier alpha value is -2.16. The van der Waals surface area contributed by atoms with Crippen LogP contribution in [0.2, 0.25) is 0 Å². The van der Waals surface area contributed by atoms with Gasteiger partial charge in [-0.3, -0.25) is 9.78 Å². The van der Waals surface area contributed by atoms with Crippen molar-refractivity contribution < 1.29 is 4.79 Å². The first-order chi connectivity index (χ1) is 8.77. The fourth-order valence-corrected chi connectivity index (χ4v) is 1.87. The van der Waals surface area contributed by atoms with Gasteiger partial charge in [0.25, 0.3) is 0 Å². The number of aryl methyl sites for hydroxylation is 1. The molecule has 0 saturated carbocycles.